The van der Waals surface area contributed by atoms with Crippen LogP contribution in [-0.4, -0.2) is 16.7 Å². The lowest BCUT2D eigenvalue weighted by atomic mass is 9.47. The van der Waals surface area contributed by atoms with Crippen LogP contribution in [0, 0.1) is 35.0 Å². The van der Waals surface area contributed by atoms with Gasteiger partial charge in [0.1, 0.15) is 0 Å². The van der Waals surface area contributed by atoms with Crippen molar-refractivity contribution in [3.63, 3.8) is 0 Å². The van der Waals surface area contributed by atoms with Gasteiger partial charge in [0.2, 0.25) is 0 Å². The van der Waals surface area contributed by atoms with Crippen LogP contribution in [0.4, 0.5) is 0 Å². The number of nitrogens with two attached hydrogens (primary N) is 1. The SMILES string of the molecule is CCC1CCC2C3CCC4CC(O)CC[C@]4(N)C3CC[C@]12C. The third-order valence-corrected chi connectivity index (χ3v) is 8.89. The van der Waals surface area contributed by atoms with Gasteiger partial charge in [-0.3, -0.25) is 0 Å². The lowest BCUT2D eigenvalue weighted by Gasteiger charge is -2.60. The first-order valence-corrected chi connectivity index (χ1v) is 9.96. The smallest absolute Gasteiger partial charge is 0.0544 e. The standard InChI is InChI=1S/C20H35NO/c1-3-13-5-7-17-16-6-4-14-12-15(22)8-11-20(14,21)18(16)9-10-19(13,17)2/h13-18,22H,3-12,21H2,1-2H3/t13?,14?,15?,16?,17?,18?,19-,20-/m1/s1. The second-order valence-corrected chi connectivity index (χ2v) is 9.42. The predicted molar refractivity (Wildman–Crippen MR) is 90.3 cm³/mol. The lowest BCUT2D eigenvalue weighted by Crippen LogP contribution is -2.64. The number of aliphatic hydroxyl groups is 1. The molecule has 4 fully saturated rings. The van der Waals surface area contributed by atoms with Crippen molar-refractivity contribution in [2.75, 3.05) is 0 Å². The Bertz CT molecular complexity index is 437. The summed E-state index contributed by atoms with van der Waals surface area (Å²) >= 11 is 0. The van der Waals surface area contributed by atoms with Crippen molar-refractivity contribution in [2.45, 2.75) is 89.7 Å². The van der Waals surface area contributed by atoms with Gasteiger partial charge in [0, 0.05) is 5.54 Å². The van der Waals surface area contributed by atoms with Gasteiger partial charge in [-0.1, -0.05) is 20.3 Å². The highest BCUT2D eigenvalue weighted by molar-refractivity contribution is 5.12. The summed E-state index contributed by atoms with van der Waals surface area (Å²) in [5.74, 6) is 4.10. The van der Waals surface area contributed by atoms with Gasteiger partial charge in [-0.15, -0.1) is 0 Å². The molecule has 4 saturated carbocycles. The van der Waals surface area contributed by atoms with Crippen molar-refractivity contribution >= 4 is 0 Å². The quantitative estimate of drug-likeness (QED) is 0.766. The minimum Gasteiger partial charge on any atom is -0.393 e. The average Bonchev–Trinajstić information content (AvgIpc) is 2.84. The summed E-state index contributed by atoms with van der Waals surface area (Å²) in [4.78, 5) is 0. The van der Waals surface area contributed by atoms with Crippen molar-refractivity contribution in [1.82, 2.24) is 0 Å². The Labute approximate surface area is 136 Å². The van der Waals surface area contributed by atoms with Gasteiger partial charge in [0.05, 0.1) is 6.10 Å². The maximum Gasteiger partial charge on any atom is 0.0544 e. The largest absolute Gasteiger partial charge is 0.393 e. The number of fused-ring (bicyclic) bond motifs is 5. The molecule has 0 saturated heterocycles. The van der Waals surface area contributed by atoms with Crippen LogP contribution < -0.4 is 5.73 Å². The van der Waals surface area contributed by atoms with Gasteiger partial charge in [0.15, 0.2) is 0 Å². The fourth-order valence-corrected chi connectivity index (χ4v) is 7.69. The summed E-state index contributed by atoms with van der Waals surface area (Å²) in [5.41, 5.74) is 7.72. The molecule has 4 rings (SSSR count). The van der Waals surface area contributed by atoms with Crippen LogP contribution in [0.5, 0.6) is 0 Å². The molecule has 0 aromatic rings. The Balaban J connectivity index is 1.61. The number of rotatable bonds is 1. The van der Waals surface area contributed by atoms with E-state index in [0.29, 0.717) is 11.3 Å². The molecule has 8 atom stereocenters. The minimum absolute atomic E-state index is 0.0494. The molecule has 4 aliphatic carbocycles. The third kappa shape index (κ3) is 1.99. The van der Waals surface area contributed by atoms with Crippen molar-refractivity contribution in [3.05, 3.63) is 0 Å². The van der Waals surface area contributed by atoms with Gasteiger partial charge >= 0.3 is 0 Å². The highest BCUT2D eigenvalue weighted by Crippen LogP contribution is 2.65. The molecule has 0 bridgehead atoms. The van der Waals surface area contributed by atoms with E-state index in [1.165, 1.54) is 44.9 Å². The first kappa shape index (κ1) is 15.4. The zero-order valence-corrected chi connectivity index (χ0v) is 14.6. The van der Waals surface area contributed by atoms with E-state index in [1.54, 1.807) is 0 Å². The molecule has 0 aliphatic heterocycles. The molecule has 2 nitrogen and oxygen atoms in total. The van der Waals surface area contributed by atoms with E-state index in [9.17, 15) is 5.11 Å². The number of aliphatic hydroxyl groups excluding tert-OH is 1. The van der Waals surface area contributed by atoms with E-state index >= 15 is 0 Å². The van der Waals surface area contributed by atoms with Crippen molar-refractivity contribution in [3.8, 4) is 0 Å². The number of hydrogen-bond acceptors (Lipinski definition) is 2. The maximum atomic E-state index is 10.1. The lowest BCUT2D eigenvalue weighted by molar-refractivity contribution is -0.0910. The van der Waals surface area contributed by atoms with Gasteiger partial charge in [-0.25, -0.2) is 0 Å². The molecular weight excluding hydrogens is 270 g/mol. The number of hydrogen-bond donors (Lipinski definition) is 2. The van der Waals surface area contributed by atoms with E-state index < -0.39 is 0 Å². The second-order valence-electron chi connectivity index (χ2n) is 9.42. The van der Waals surface area contributed by atoms with Crippen LogP contribution in [0.25, 0.3) is 0 Å². The van der Waals surface area contributed by atoms with Gasteiger partial charge in [0.25, 0.3) is 0 Å². The van der Waals surface area contributed by atoms with Crippen LogP contribution in [0.15, 0.2) is 0 Å². The average molecular weight is 306 g/mol. The fraction of sp³-hybridized carbons (Fsp3) is 1.00. The van der Waals surface area contributed by atoms with Gasteiger partial charge in [-0.2, -0.15) is 0 Å². The summed E-state index contributed by atoms with van der Waals surface area (Å²) < 4.78 is 0. The topological polar surface area (TPSA) is 46.2 Å². The van der Waals surface area contributed by atoms with Crippen LogP contribution >= 0.6 is 0 Å². The Morgan fingerprint density at radius 1 is 1.00 bits per heavy atom. The molecule has 6 unspecified atom stereocenters. The van der Waals surface area contributed by atoms with E-state index in [-0.39, 0.29) is 11.6 Å². The molecule has 126 valence electrons. The monoisotopic (exact) mass is 305 g/mol. The summed E-state index contributed by atoms with van der Waals surface area (Å²) in [7, 11) is 0. The maximum absolute atomic E-state index is 10.1. The molecule has 0 amide bonds. The zero-order valence-electron chi connectivity index (χ0n) is 14.6. The van der Waals surface area contributed by atoms with Crippen LogP contribution in [0.2, 0.25) is 0 Å². The molecule has 2 heteroatoms. The zero-order chi connectivity index (χ0) is 15.5. The Morgan fingerprint density at radius 2 is 1.82 bits per heavy atom. The molecule has 0 aromatic carbocycles. The molecule has 3 N–H and O–H groups in total. The Morgan fingerprint density at radius 3 is 2.59 bits per heavy atom. The molecule has 4 aliphatic rings. The first-order valence-electron chi connectivity index (χ1n) is 9.96. The molecule has 0 spiro atoms. The summed E-state index contributed by atoms with van der Waals surface area (Å²) in [6.07, 6.45) is 12.6. The summed E-state index contributed by atoms with van der Waals surface area (Å²) in [6, 6.07) is 0. The summed E-state index contributed by atoms with van der Waals surface area (Å²) in [6.45, 7) is 5.00. The molecule has 0 radical (unpaired) electrons. The van der Waals surface area contributed by atoms with E-state index in [2.05, 4.69) is 13.8 Å². The van der Waals surface area contributed by atoms with Gasteiger partial charge < -0.3 is 10.8 Å². The molecular formula is C20H35NO. The van der Waals surface area contributed by atoms with E-state index in [0.717, 1.165) is 42.9 Å². The Hall–Kier alpha value is -0.0800. The normalized spacial score (nSPS) is 57.8. The van der Waals surface area contributed by atoms with Crippen molar-refractivity contribution < 1.29 is 5.11 Å². The fourth-order valence-electron chi connectivity index (χ4n) is 7.69. The second kappa shape index (κ2) is 5.21. The third-order valence-electron chi connectivity index (χ3n) is 8.89. The highest BCUT2D eigenvalue weighted by atomic mass is 16.3. The Kier molecular flexibility index (Phi) is 3.66. The highest BCUT2D eigenvalue weighted by Gasteiger charge is 2.60. The molecule has 22 heavy (non-hydrogen) atoms. The predicted octanol–water partition coefficient (Wildman–Crippen LogP) is 4.11. The van der Waals surface area contributed by atoms with E-state index in [1.807, 2.05) is 0 Å². The van der Waals surface area contributed by atoms with Crippen molar-refractivity contribution in [1.29, 1.82) is 0 Å². The summed E-state index contributed by atoms with van der Waals surface area (Å²) in [5, 5.41) is 10.1. The molecule has 0 aromatic heterocycles. The van der Waals surface area contributed by atoms with Gasteiger partial charge in [-0.05, 0) is 92.8 Å². The van der Waals surface area contributed by atoms with Crippen LogP contribution in [0.1, 0.15) is 78.1 Å². The van der Waals surface area contributed by atoms with Crippen LogP contribution in [0.3, 0.4) is 0 Å². The van der Waals surface area contributed by atoms with E-state index in [4.69, 9.17) is 5.73 Å². The first-order chi connectivity index (χ1) is 10.5. The van der Waals surface area contributed by atoms with Crippen molar-refractivity contribution in [2.24, 2.45) is 40.7 Å². The minimum atomic E-state index is -0.0805. The molecule has 0 heterocycles. The van der Waals surface area contributed by atoms with Crippen LogP contribution in [-0.2, 0) is 0 Å².